The van der Waals surface area contributed by atoms with Crippen molar-refractivity contribution in [1.29, 1.82) is 0 Å². The van der Waals surface area contributed by atoms with Gasteiger partial charge in [-0.05, 0) is 30.5 Å². The maximum Gasteiger partial charge on any atom is 0.230 e. The summed E-state index contributed by atoms with van der Waals surface area (Å²) in [5.41, 5.74) is -0.784. The van der Waals surface area contributed by atoms with Crippen LogP contribution >= 0.6 is 11.6 Å². The Morgan fingerprint density at radius 3 is 2.62 bits per heavy atom. The van der Waals surface area contributed by atoms with Gasteiger partial charge in [0.2, 0.25) is 11.8 Å². The van der Waals surface area contributed by atoms with E-state index in [1.165, 1.54) is 0 Å². The van der Waals surface area contributed by atoms with E-state index in [0.717, 1.165) is 5.56 Å². The molecule has 1 aromatic rings. The van der Waals surface area contributed by atoms with E-state index in [2.05, 4.69) is 5.32 Å². The number of benzene rings is 1. The Labute approximate surface area is 177 Å². The van der Waals surface area contributed by atoms with Crippen LogP contribution in [0.1, 0.15) is 45.6 Å². The van der Waals surface area contributed by atoms with Crippen molar-refractivity contribution in [3.05, 3.63) is 34.9 Å². The highest BCUT2D eigenvalue weighted by molar-refractivity contribution is 6.30. The van der Waals surface area contributed by atoms with Gasteiger partial charge in [-0.15, -0.1) is 0 Å². The Kier molecular flexibility index (Phi) is 6.56. The predicted octanol–water partition coefficient (Wildman–Crippen LogP) is 2.72. The summed E-state index contributed by atoms with van der Waals surface area (Å²) in [6, 6.07) is 7.06. The lowest BCUT2D eigenvalue weighted by Gasteiger charge is -2.51. The van der Waals surface area contributed by atoms with Crippen LogP contribution in [-0.2, 0) is 19.9 Å². The Bertz CT molecular complexity index is 752. The molecule has 2 aliphatic rings. The fourth-order valence-corrected chi connectivity index (χ4v) is 4.59. The van der Waals surface area contributed by atoms with Gasteiger partial charge in [0.05, 0.1) is 18.1 Å². The van der Waals surface area contributed by atoms with Gasteiger partial charge >= 0.3 is 0 Å². The number of nitrogens with one attached hydrogen (secondary N) is 1. The lowest BCUT2D eigenvalue weighted by Crippen LogP contribution is -2.60. The summed E-state index contributed by atoms with van der Waals surface area (Å²) >= 11 is 6.00. The van der Waals surface area contributed by atoms with Crippen molar-refractivity contribution in [3.63, 3.8) is 0 Å². The molecule has 29 heavy (non-hydrogen) atoms. The van der Waals surface area contributed by atoms with Crippen molar-refractivity contribution in [2.24, 2.45) is 11.3 Å². The normalized spacial score (nSPS) is 29.3. The minimum Gasteiger partial charge on any atom is -0.384 e. The van der Waals surface area contributed by atoms with Crippen molar-refractivity contribution >= 4 is 23.4 Å². The van der Waals surface area contributed by atoms with Crippen molar-refractivity contribution in [1.82, 2.24) is 10.2 Å². The topological polar surface area (TPSA) is 78.9 Å². The summed E-state index contributed by atoms with van der Waals surface area (Å²) in [6.07, 6.45) is 1.46. The first-order valence-electron chi connectivity index (χ1n) is 10.3. The molecular weight excluding hydrogens is 392 g/mol. The second kappa shape index (κ2) is 8.62. The highest BCUT2D eigenvalue weighted by Crippen LogP contribution is 2.46. The predicted molar refractivity (Wildman–Crippen MR) is 111 cm³/mol. The summed E-state index contributed by atoms with van der Waals surface area (Å²) < 4.78 is 5.55. The number of halogens is 1. The Hall–Kier alpha value is -1.63. The minimum atomic E-state index is -1.05. The van der Waals surface area contributed by atoms with Crippen molar-refractivity contribution in [2.75, 3.05) is 26.3 Å². The SMILES string of the molecule is CCC(=O)N[C@@H]1CCOC[C@@H]1C(=O)N1CC[C@](O)(c2ccc(Cl)cc2)C(C)(C)C1. The molecule has 2 N–H and O–H groups in total. The molecule has 0 aromatic heterocycles. The molecule has 1 aromatic carbocycles. The van der Waals surface area contributed by atoms with Gasteiger partial charge in [0.15, 0.2) is 0 Å². The first-order chi connectivity index (χ1) is 13.7. The van der Waals surface area contributed by atoms with Crippen LogP contribution < -0.4 is 5.32 Å². The Morgan fingerprint density at radius 1 is 1.31 bits per heavy atom. The molecule has 2 saturated heterocycles. The number of carbonyl (C=O) groups is 2. The molecular formula is C22H31ClN2O4. The molecule has 2 heterocycles. The molecule has 0 aliphatic carbocycles. The molecule has 0 saturated carbocycles. The number of hydrogen-bond donors (Lipinski definition) is 2. The minimum absolute atomic E-state index is 0.0164. The van der Waals surface area contributed by atoms with Crippen molar-refractivity contribution in [2.45, 2.75) is 51.7 Å². The average molecular weight is 423 g/mol. The number of aliphatic hydroxyl groups is 1. The van der Waals surface area contributed by atoms with Crippen LogP contribution in [-0.4, -0.2) is 54.2 Å². The molecule has 2 amide bonds. The van der Waals surface area contributed by atoms with E-state index < -0.39 is 16.9 Å². The monoisotopic (exact) mass is 422 g/mol. The lowest BCUT2D eigenvalue weighted by molar-refractivity contribution is -0.161. The Morgan fingerprint density at radius 2 is 2.00 bits per heavy atom. The Balaban J connectivity index is 1.75. The molecule has 7 heteroatoms. The zero-order valence-electron chi connectivity index (χ0n) is 17.4. The first kappa shape index (κ1) is 22.1. The van der Waals surface area contributed by atoms with Crippen LogP contribution in [0.15, 0.2) is 24.3 Å². The molecule has 2 aliphatic heterocycles. The maximum atomic E-state index is 13.3. The summed E-state index contributed by atoms with van der Waals surface area (Å²) in [4.78, 5) is 27.0. The summed E-state index contributed by atoms with van der Waals surface area (Å²) in [5.74, 6) is -0.458. The second-order valence-electron chi connectivity index (χ2n) is 8.76. The van der Waals surface area contributed by atoms with E-state index in [9.17, 15) is 14.7 Å². The standard InChI is InChI=1S/C22H31ClN2O4/c1-4-19(26)24-18-9-12-29-13-17(18)20(27)25-11-10-22(28,21(2,3)14-25)15-5-7-16(23)8-6-15/h5-8,17-18,28H,4,9-14H2,1-3H3,(H,24,26)/t17-,18+,22-/m0/s1. The zero-order chi connectivity index (χ0) is 21.2. The van der Waals surface area contributed by atoms with Gasteiger partial charge in [-0.3, -0.25) is 9.59 Å². The number of rotatable bonds is 4. The van der Waals surface area contributed by atoms with Gasteiger partial charge in [-0.25, -0.2) is 0 Å². The van der Waals surface area contributed by atoms with Crippen LogP contribution in [0.25, 0.3) is 0 Å². The van der Waals surface area contributed by atoms with Crippen LogP contribution in [0, 0.1) is 11.3 Å². The number of hydrogen-bond acceptors (Lipinski definition) is 4. The third kappa shape index (κ3) is 4.44. The van der Waals surface area contributed by atoms with Crippen LogP contribution in [0.2, 0.25) is 5.02 Å². The first-order valence-corrected chi connectivity index (χ1v) is 10.7. The van der Waals surface area contributed by atoms with E-state index in [1.807, 2.05) is 30.9 Å². The fraction of sp³-hybridized carbons (Fsp3) is 0.636. The quantitative estimate of drug-likeness (QED) is 0.781. The molecule has 3 atom stereocenters. The second-order valence-corrected chi connectivity index (χ2v) is 9.19. The van der Waals surface area contributed by atoms with Gasteiger partial charge in [0, 0.05) is 42.6 Å². The van der Waals surface area contributed by atoms with E-state index >= 15 is 0 Å². The van der Waals surface area contributed by atoms with E-state index in [1.54, 1.807) is 19.1 Å². The summed E-state index contributed by atoms with van der Waals surface area (Å²) in [7, 11) is 0. The van der Waals surface area contributed by atoms with Crippen LogP contribution in [0.4, 0.5) is 0 Å². The molecule has 2 fully saturated rings. The van der Waals surface area contributed by atoms with Gasteiger partial charge in [0.1, 0.15) is 0 Å². The molecule has 0 bridgehead atoms. The summed E-state index contributed by atoms with van der Waals surface area (Å²) in [6.45, 7) is 7.49. The number of amides is 2. The highest BCUT2D eigenvalue weighted by atomic mass is 35.5. The smallest absolute Gasteiger partial charge is 0.230 e. The number of ether oxygens (including phenoxy) is 1. The number of likely N-dealkylation sites (tertiary alicyclic amines) is 1. The maximum absolute atomic E-state index is 13.3. The molecule has 3 rings (SSSR count). The summed E-state index contributed by atoms with van der Waals surface area (Å²) in [5, 5.41) is 15.1. The zero-order valence-corrected chi connectivity index (χ0v) is 18.2. The molecule has 0 radical (unpaired) electrons. The number of carbonyl (C=O) groups excluding carboxylic acids is 2. The third-order valence-electron chi connectivity index (χ3n) is 6.42. The van der Waals surface area contributed by atoms with E-state index in [-0.39, 0.29) is 17.9 Å². The van der Waals surface area contributed by atoms with Crippen molar-refractivity contribution < 1.29 is 19.4 Å². The number of piperidine rings is 1. The molecule has 0 unspecified atom stereocenters. The van der Waals surface area contributed by atoms with E-state index in [0.29, 0.717) is 50.6 Å². The number of nitrogens with zero attached hydrogens (tertiary/aromatic N) is 1. The van der Waals surface area contributed by atoms with Gasteiger partial charge in [-0.2, -0.15) is 0 Å². The van der Waals surface area contributed by atoms with Gasteiger partial charge in [0.25, 0.3) is 0 Å². The fourth-order valence-electron chi connectivity index (χ4n) is 4.47. The van der Waals surface area contributed by atoms with E-state index in [4.69, 9.17) is 16.3 Å². The lowest BCUT2D eigenvalue weighted by atomic mass is 9.66. The van der Waals surface area contributed by atoms with Gasteiger partial charge < -0.3 is 20.1 Å². The third-order valence-corrected chi connectivity index (χ3v) is 6.68. The largest absolute Gasteiger partial charge is 0.384 e. The van der Waals surface area contributed by atoms with Crippen LogP contribution in [0.5, 0.6) is 0 Å². The molecule has 0 spiro atoms. The van der Waals surface area contributed by atoms with Gasteiger partial charge in [-0.1, -0.05) is 44.5 Å². The highest BCUT2D eigenvalue weighted by Gasteiger charge is 2.50. The van der Waals surface area contributed by atoms with Crippen LogP contribution in [0.3, 0.4) is 0 Å². The average Bonchev–Trinajstić information content (AvgIpc) is 2.70. The molecule has 160 valence electrons. The molecule has 6 nitrogen and oxygen atoms in total. The van der Waals surface area contributed by atoms with Crippen molar-refractivity contribution in [3.8, 4) is 0 Å².